The minimum atomic E-state index is 0.299. The molecule has 0 aliphatic carbocycles. The van der Waals surface area contributed by atoms with Gasteiger partial charge in [0.15, 0.2) is 0 Å². The Morgan fingerprint density at radius 2 is 2.29 bits per heavy atom. The van der Waals surface area contributed by atoms with E-state index in [2.05, 4.69) is 36.0 Å². The fraction of sp³-hybridized carbons (Fsp3) is 1.00. The lowest BCUT2D eigenvalue weighted by Crippen LogP contribution is -2.48. The average Bonchev–Trinajstić information content (AvgIpc) is 2.46. The van der Waals surface area contributed by atoms with Crippen molar-refractivity contribution in [3.8, 4) is 0 Å². The molecular weight excluding hydrogens is 304 g/mol. The summed E-state index contributed by atoms with van der Waals surface area (Å²) < 4.78 is 11.5. The molecule has 1 N–H and O–H groups in total. The zero-order valence-electron chi connectivity index (χ0n) is 13.6. The van der Waals surface area contributed by atoms with Gasteiger partial charge in [-0.1, -0.05) is 6.92 Å². The maximum atomic E-state index is 5.79. The van der Waals surface area contributed by atoms with E-state index in [4.69, 9.17) is 9.47 Å². The molecule has 0 bridgehead atoms. The van der Waals surface area contributed by atoms with Crippen molar-refractivity contribution in [3.63, 3.8) is 0 Å². The summed E-state index contributed by atoms with van der Waals surface area (Å²) in [5.74, 6) is 1.24. The molecule has 1 rings (SSSR count). The van der Waals surface area contributed by atoms with Crippen LogP contribution in [0.3, 0.4) is 0 Å². The predicted octanol–water partition coefficient (Wildman–Crippen LogP) is 1.75. The van der Waals surface area contributed by atoms with Crippen LogP contribution < -0.4 is 5.32 Å². The standard InChI is InChI=1S/C15H32N2O2S2/c1-14(20)11-16-12-15-13-17(6-9-19-15)5-8-18-7-3-4-10-21-2/h14-16,20H,3-13H2,1-2H3/t14-,15-/m0/s1. The van der Waals surface area contributed by atoms with Crippen LogP contribution in [-0.2, 0) is 9.47 Å². The van der Waals surface area contributed by atoms with Crippen molar-refractivity contribution in [1.29, 1.82) is 0 Å². The number of hydrogen-bond donors (Lipinski definition) is 2. The van der Waals surface area contributed by atoms with Crippen molar-refractivity contribution in [2.75, 3.05) is 64.6 Å². The summed E-state index contributed by atoms with van der Waals surface area (Å²) in [6, 6.07) is 0. The summed E-state index contributed by atoms with van der Waals surface area (Å²) in [6.45, 7) is 9.56. The highest BCUT2D eigenvalue weighted by molar-refractivity contribution is 7.98. The van der Waals surface area contributed by atoms with Gasteiger partial charge >= 0.3 is 0 Å². The molecule has 6 heteroatoms. The molecule has 0 amide bonds. The van der Waals surface area contributed by atoms with Crippen molar-refractivity contribution in [2.24, 2.45) is 0 Å². The molecule has 0 spiro atoms. The van der Waals surface area contributed by atoms with E-state index >= 15 is 0 Å². The Morgan fingerprint density at radius 3 is 3.05 bits per heavy atom. The molecule has 21 heavy (non-hydrogen) atoms. The molecular formula is C15H32N2O2S2. The van der Waals surface area contributed by atoms with E-state index in [9.17, 15) is 0 Å². The summed E-state index contributed by atoms with van der Waals surface area (Å²) >= 11 is 6.28. The number of unbranched alkanes of at least 4 members (excludes halogenated alkanes) is 1. The van der Waals surface area contributed by atoms with Gasteiger partial charge in [0, 0.05) is 44.6 Å². The van der Waals surface area contributed by atoms with E-state index in [-0.39, 0.29) is 0 Å². The summed E-state index contributed by atoms with van der Waals surface area (Å²) in [6.07, 6.45) is 4.89. The van der Waals surface area contributed by atoms with Gasteiger partial charge in [0.1, 0.15) is 0 Å². The summed E-state index contributed by atoms with van der Waals surface area (Å²) in [5.41, 5.74) is 0. The van der Waals surface area contributed by atoms with E-state index in [1.54, 1.807) is 0 Å². The fourth-order valence-corrected chi connectivity index (χ4v) is 2.93. The maximum Gasteiger partial charge on any atom is 0.0826 e. The zero-order valence-corrected chi connectivity index (χ0v) is 15.3. The average molecular weight is 337 g/mol. The molecule has 1 fully saturated rings. The molecule has 0 unspecified atom stereocenters. The van der Waals surface area contributed by atoms with Crippen LogP contribution in [-0.4, -0.2) is 80.8 Å². The molecule has 1 heterocycles. The van der Waals surface area contributed by atoms with Crippen LogP contribution in [0, 0.1) is 0 Å². The molecule has 1 aliphatic heterocycles. The van der Waals surface area contributed by atoms with Crippen molar-refractivity contribution >= 4 is 24.4 Å². The van der Waals surface area contributed by atoms with Crippen LogP contribution in [0.1, 0.15) is 19.8 Å². The number of ether oxygens (including phenoxy) is 2. The van der Waals surface area contributed by atoms with E-state index in [0.717, 1.165) is 52.5 Å². The highest BCUT2D eigenvalue weighted by Gasteiger charge is 2.19. The maximum absolute atomic E-state index is 5.79. The van der Waals surface area contributed by atoms with Crippen LogP contribution in [0.4, 0.5) is 0 Å². The highest BCUT2D eigenvalue weighted by Crippen LogP contribution is 2.05. The van der Waals surface area contributed by atoms with Crippen molar-refractivity contribution in [3.05, 3.63) is 0 Å². The van der Waals surface area contributed by atoms with Crippen LogP contribution in [0.5, 0.6) is 0 Å². The second kappa shape index (κ2) is 13.0. The summed E-state index contributed by atoms with van der Waals surface area (Å²) in [5, 5.41) is 3.80. The van der Waals surface area contributed by atoms with Crippen LogP contribution >= 0.6 is 24.4 Å². The van der Waals surface area contributed by atoms with E-state index in [0.29, 0.717) is 11.4 Å². The monoisotopic (exact) mass is 336 g/mol. The first kappa shape index (κ1) is 19.6. The number of morpholine rings is 1. The quantitative estimate of drug-likeness (QED) is 0.419. The molecule has 1 aliphatic rings. The van der Waals surface area contributed by atoms with Crippen LogP contribution in [0.2, 0.25) is 0 Å². The molecule has 126 valence electrons. The van der Waals surface area contributed by atoms with Gasteiger partial charge in [0.05, 0.1) is 19.3 Å². The number of hydrogen-bond acceptors (Lipinski definition) is 6. The first-order chi connectivity index (χ1) is 10.2. The second-order valence-corrected chi connectivity index (χ2v) is 7.48. The molecule has 0 aromatic heterocycles. The smallest absolute Gasteiger partial charge is 0.0826 e. The molecule has 0 saturated carbocycles. The number of thiol groups is 1. The molecule has 0 aromatic rings. The first-order valence-corrected chi connectivity index (χ1v) is 9.92. The predicted molar refractivity (Wildman–Crippen MR) is 95.9 cm³/mol. The Hall–Kier alpha value is 0.540. The second-order valence-electron chi connectivity index (χ2n) is 5.61. The van der Waals surface area contributed by atoms with E-state index < -0.39 is 0 Å². The van der Waals surface area contributed by atoms with Gasteiger partial charge in [-0.25, -0.2) is 0 Å². The number of nitrogens with zero attached hydrogens (tertiary/aromatic N) is 1. The third-order valence-electron chi connectivity index (χ3n) is 3.47. The van der Waals surface area contributed by atoms with Crippen LogP contribution in [0.25, 0.3) is 0 Å². The largest absolute Gasteiger partial charge is 0.380 e. The summed E-state index contributed by atoms with van der Waals surface area (Å²) in [7, 11) is 0. The highest BCUT2D eigenvalue weighted by atomic mass is 32.2. The molecule has 2 atom stereocenters. The molecule has 4 nitrogen and oxygen atoms in total. The minimum absolute atomic E-state index is 0.299. The first-order valence-electron chi connectivity index (χ1n) is 8.01. The lowest BCUT2D eigenvalue weighted by molar-refractivity contribution is -0.0348. The number of nitrogens with one attached hydrogen (secondary N) is 1. The normalized spacial score (nSPS) is 21.6. The van der Waals surface area contributed by atoms with Crippen molar-refractivity contribution in [2.45, 2.75) is 31.1 Å². The fourth-order valence-electron chi connectivity index (χ4n) is 2.31. The Morgan fingerprint density at radius 1 is 1.43 bits per heavy atom. The third-order valence-corrected chi connectivity index (χ3v) is 4.35. The summed E-state index contributed by atoms with van der Waals surface area (Å²) in [4.78, 5) is 2.45. The third kappa shape index (κ3) is 10.8. The lowest BCUT2D eigenvalue weighted by atomic mass is 10.2. The van der Waals surface area contributed by atoms with Gasteiger partial charge < -0.3 is 14.8 Å². The molecule has 1 saturated heterocycles. The Balaban J connectivity index is 1.99. The molecule has 0 radical (unpaired) electrons. The van der Waals surface area contributed by atoms with Gasteiger partial charge in [-0.05, 0) is 24.9 Å². The van der Waals surface area contributed by atoms with Gasteiger partial charge in [-0.3, -0.25) is 4.90 Å². The van der Waals surface area contributed by atoms with Gasteiger partial charge in [-0.2, -0.15) is 24.4 Å². The van der Waals surface area contributed by atoms with E-state index in [1.807, 2.05) is 11.8 Å². The Kier molecular flexibility index (Phi) is 12.1. The Labute approximate surface area is 140 Å². The van der Waals surface area contributed by atoms with E-state index in [1.165, 1.54) is 18.6 Å². The van der Waals surface area contributed by atoms with Gasteiger partial charge in [-0.15, -0.1) is 0 Å². The number of thioether (sulfide) groups is 1. The van der Waals surface area contributed by atoms with Crippen LogP contribution in [0.15, 0.2) is 0 Å². The Bertz CT molecular complexity index is 246. The van der Waals surface area contributed by atoms with Crippen molar-refractivity contribution < 1.29 is 9.47 Å². The SMILES string of the molecule is CSCCCCOCCN1CCO[C@@H](CNC[C@H](C)S)C1. The minimum Gasteiger partial charge on any atom is -0.380 e. The number of rotatable bonds is 12. The van der Waals surface area contributed by atoms with Gasteiger partial charge in [0.2, 0.25) is 0 Å². The van der Waals surface area contributed by atoms with Crippen molar-refractivity contribution in [1.82, 2.24) is 10.2 Å². The zero-order chi connectivity index (χ0) is 15.3. The molecule has 0 aromatic carbocycles. The lowest BCUT2D eigenvalue weighted by Gasteiger charge is -2.33. The topological polar surface area (TPSA) is 33.7 Å². The van der Waals surface area contributed by atoms with Gasteiger partial charge in [0.25, 0.3) is 0 Å².